The largest absolute Gasteiger partial charge is 0.497 e. The van der Waals surface area contributed by atoms with Gasteiger partial charge in [-0.3, -0.25) is 4.98 Å². The minimum Gasteiger partial charge on any atom is -0.497 e. The summed E-state index contributed by atoms with van der Waals surface area (Å²) < 4.78 is 10.8. The molecule has 1 atom stereocenters. The number of carbonyl (C=O) groups is 1. The molecule has 1 saturated heterocycles. The van der Waals surface area contributed by atoms with E-state index in [9.17, 15) is 9.90 Å². The van der Waals surface area contributed by atoms with Crippen LogP contribution >= 0.6 is 0 Å². The van der Waals surface area contributed by atoms with Crippen molar-refractivity contribution in [3.63, 3.8) is 0 Å². The van der Waals surface area contributed by atoms with Crippen LogP contribution in [0.25, 0.3) is 10.9 Å². The highest BCUT2D eigenvalue weighted by Gasteiger charge is 2.25. The lowest BCUT2D eigenvalue weighted by Crippen LogP contribution is -2.39. The summed E-state index contributed by atoms with van der Waals surface area (Å²) in [6.45, 7) is 1.63. The highest BCUT2D eigenvalue weighted by atomic mass is 16.6. The van der Waals surface area contributed by atoms with Crippen LogP contribution in [0.15, 0.2) is 60.8 Å². The molecular weight excluding hydrogens is 404 g/mol. The van der Waals surface area contributed by atoms with Gasteiger partial charge in [0.15, 0.2) is 0 Å². The summed E-state index contributed by atoms with van der Waals surface area (Å²) in [6, 6.07) is 17.5. The fraction of sp³-hybridized carbons (Fsp3) is 0.385. The number of ether oxygens (including phenoxy) is 2. The summed E-state index contributed by atoms with van der Waals surface area (Å²) in [7, 11) is 1.65. The van der Waals surface area contributed by atoms with Crippen LogP contribution in [0.5, 0.6) is 5.75 Å². The third kappa shape index (κ3) is 5.56. The Morgan fingerprint density at radius 2 is 1.94 bits per heavy atom. The predicted molar refractivity (Wildman–Crippen MR) is 124 cm³/mol. The molecule has 6 heteroatoms. The number of aliphatic hydroxyl groups excluding tert-OH is 1. The second kappa shape index (κ2) is 10.5. The summed E-state index contributed by atoms with van der Waals surface area (Å²) in [6.07, 6.45) is 4.14. The van der Waals surface area contributed by atoms with Crippen molar-refractivity contribution < 1.29 is 19.4 Å². The molecule has 1 amide bonds. The first kappa shape index (κ1) is 22.1. The van der Waals surface area contributed by atoms with Gasteiger partial charge in [-0.25, -0.2) is 4.79 Å². The Balaban J connectivity index is 1.26. The fourth-order valence-corrected chi connectivity index (χ4v) is 4.37. The van der Waals surface area contributed by atoms with Crippen LogP contribution in [0.2, 0.25) is 0 Å². The Kier molecular flexibility index (Phi) is 7.22. The van der Waals surface area contributed by atoms with E-state index in [2.05, 4.69) is 4.98 Å². The fourth-order valence-electron chi connectivity index (χ4n) is 4.37. The summed E-state index contributed by atoms with van der Waals surface area (Å²) in [5.74, 6) is 1.18. The molecule has 4 rings (SSSR count). The Bertz CT molecular complexity index is 1030. The smallest absolute Gasteiger partial charge is 0.410 e. The van der Waals surface area contributed by atoms with Gasteiger partial charge in [-0.05, 0) is 67.0 Å². The molecule has 0 saturated carbocycles. The lowest BCUT2D eigenvalue weighted by atomic mass is 9.89. The minimum atomic E-state index is -0.437. The standard InChI is InChI=1S/C26H30N2O4/c1-31-23-7-8-25-24(17-23)21(9-12-27-25)16-22(29)15-19-10-13-28(14-11-19)26(30)32-18-20-5-3-2-4-6-20/h2-9,12,17,19,22,29H,10-11,13-16,18H2,1H3/t22-/m0/s1. The van der Waals surface area contributed by atoms with E-state index >= 15 is 0 Å². The number of methoxy groups -OCH3 is 1. The normalized spacial score (nSPS) is 15.5. The molecule has 2 aromatic carbocycles. The lowest BCUT2D eigenvalue weighted by Gasteiger charge is -2.32. The molecule has 0 aliphatic carbocycles. The molecule has 1 N–H and O–H groups in total. The van der Waals surface area contributed by atoms with Crippen molar-refractivity contribution in [2.45, 2.75) is 38.4 Å². The lowest BCUT2D eigenvalue weighted by molar-refractivity contribution is 0.0721. The third-order valence-electron chi connectivity index (χ3n) is 6.18. The van der Waals surface area contributed by atoms with E-state index in [1.807, 2.05) is 54.6 Å². The number of carbonyl (C=O) groups excluding carboxylic acids is 1. The van der Waals surface area contributed by atoms with Gasteiger partial charge in [0.1, 0.15) is 12.4 Å². The van der Waals surface area contributed by atoms with E-state index < -0.39 is 6.10 Å². The van der Waals surface area contributed by atoms with Gasteiger partial charge in [-0.2, -0.15) is 0 Å². The van der Waals surface area contributed by atoms with Gasteiger partial charge in [-0.15, -0.1) is 0 Å². The van der Waals surface area contributed by atoms with Gasteiger partial charge < -0.3 is 19.5 Å². The minimum absolute atomic E-state index is 0.259. The van der Waals surface area contributed by atoms with E-state index in [0.29, 0.717) is 32.0 Å². The Morgan fingerprint density at radius 1 is 1.16 bits per heavy atom. The van der Waals surface area contributed by atoms with Gasteiger partial charge in [0.2, 0.25) is 0 Å². The molecule has 32 heavy (non-hydrogen) atoms. The number of pyridine rings is 1. The van der Waals surface area contributed by atoms with Gasteiger partial charge in [-0.1, -0.05) is 30.3 Å². The Labute approximate surface area is 188 Å². The second-order valence-electron chi connectivity index (χ2n) is 8.42. The van der Waals surface area contributed by atoms with Gasteiger partial charge >= 0.3 is 6.09 Å². The van der Waals surface area contributed by atoms with Crippen molar-refractivity contribution in [2.24, 2.45) is 5.92 Å². The maximum atomic E-state index is 12.4. The molecular formula is C26H30N2O4. The number of hydrogen-bond donors (Lipinski definition) is 1. The number of likely N-dealkylation sites (tertiary alicyclic amines) is 1. The molecule has 1 aliphatic heterocycles. The van der Waals surface area contributed by atoms with Crippen LogP contribution in [0, 0.1) is 5.92 Å². The molecule has 0 unspecified atom stereocenters. The first-order valence-corrected chi connectivity index (χ1v) is 11.2. The van der Waals surface area contributed by atoms with Crippen LogP contribution in [0.4, 0.5) is 4.79 Å². The monoisotopic (exact) mass is 434 g/mol. The van der Waals surface area contributed by atoms with E-state index in [-0.39, 0.29) is 6.09 Å². The average Bonchev–Trinajstić information content (AvgIpc) is 2.83. The molecule has 168 valence electrons. The molecule has 6 nitrogen and oxygen atoms in total. The molecule has 1 fully saturated rings. The van der Waals surface area contributed by atoms with Crippen LogP contribution in [0.3, 0.4) is 0 Å². The maximum Gasteiger partial charge on any atom is 0.410 e. The molecule has 1 aliphatic rings. The zero-order valence-corrected chi connectivity index (χ0v) is 18.4. The maximum absolute atomic E-state index is 12.4. The molecule has 1 aromatic heterocycles. The summed E-state index contributed by atoms with van der Waals surface area (Å²) in [5, 5.41) is 11.8. The van der Waals surface area contributed by atoms with Crippen LogP contribution in [-0.4, -0.2) is 47.4 Å². The van der Waals surface area contributed by atoms with Crippen molar-refractivity contribution in [2.75, 3.05) is 20.2 Å². The highest BCUT2D eigenvalue weighted by molar-refractivity contribution is 5.83. The van der Waals surface area contributed by atoms with Crippen molar-refractivity contribution in [1.29, 1.82) is 0 Å². The van der Waals surface area contributed by atoms with E-state index in [0.717, 1.165) is 47.0 Å². The van der Waals surface area contributed by atoms with E-state index in [1.54, 1.807) is 18.2 Å². The first-order chi connectivity index (χ1) is 15.6. The zero-order valence-electron chi connectivity index (χ0n) is 18.4. The van der Waals surface area contributed by atoms with Gasteiger partial charge in [0.05, 0.1) is 18.7 Å². The summed E-state index contributed by atoms with van der Waals surface area (Å²) >= 11 is 0. The highest BCUT2D eigenvalue weighted by Crippen LogP contribution is 2.27. The van der Waals surface area contributed by atoms with E-state index in [1.165, 1.54) is 0 Å². The van der Waals surface area contributed by atoms with Crippen molar-refractivity contribution in [1.82, 2.24) is 9.88 Å². The zero-order chi connectivity index (χ0) is 22.3. The van der Waals surface area contributed by atoms with Crippen molar-refractivity contribution >= 4 is 17.0 Å². The molecule has 0 spiro atoms. The quantitative estimate of drug-likeness (QED) is 0.589. The van der Waals surface area contributed by atoms with Crippen LogP contribution in [0.1, 0.15) is 30.4 Å². The van der Waals surface area contributed by atoms with Gasteiger partial charge in [0, 0.05) is 24.7 Å². The predicted octanol–water partition coefficient (Wildman–Crippen LogP) is 4.59. The SMILES string of the molecule is COc1ccc2nccc(C[C@@H](O)CC3CCN(C(=O)OCc4ccccc4)CC3)c2c1. The summed E-state index contributed by atoms with van der Waals surface area (Å²) in [5.41, 5.74) is 2.96. The van der Waals surface area contributed by atoms with Crippen LogP contribution in [-0.2, 0) is 17.8 Å². The number of piperidine rings is 1. The van der Waals surface area contributed by atoms with Crippen molar-refractivity contribution in [3.05, 3.63) is 71.9 Å². The van der Waals surface area contributed by atoms with E-state index in [4.69, 9.17) is 9.47 Å². The molecule has 0 bridgehead atoms. The molecule has 2 heterocycles. The van der Waals surface area contributed by atoms with Crippen molar-refractivity contribution in [3.8, 4) is 5.75 Å². The second-order valence-corrected chi connectivity index (χ2v) is 8.42. The topological polar surface area (TPSA) is 71.9 Å². The Morgan fingerprint density at radius 3 is 2.69 bits per heavy atom. The molecule has 3 aromatic rings. The number of benzene rings is 2. The number of amides is 1. The first-order valence-electron chi connectivity index (χ1n) is 11.2. The number of nitrogens with zero attached hydrogens (tertiary/aromatic N) is 2. The number of rotatable bonds is 7. The van der Waals surface area contributed by atoms with Gasteiger partial charge in [0.25, 0.3) is 0 Å². The number of fused-ring (bicyclic) bond motifs is 1. The average molecular weight is 435 g/mol. The van der Waals surface area contributed by atoms with Crippen LogP contribution < -0.4 is 4.74 Å². The Hall–Kier alpha value is -3.12. The third-order valence-corrected chi connectivity index (χ3v) is 6.18. The number of aromatic nitrogens is 1. The number of aliphatic hydroxyl groups is 1. The summed E-state index contributed by atoms with van der Waals surface area (Å²) in [4.78, 5) is 18.5. The molecule has 0 radical (unpaired) electrons. The number of hydrogen-bond acceptors (Lipinski definition) is 5.